The first-order chi connectivity index (χ1) is 8.49. The molecule has 5 nitrogen and oxygen atoms in total. The van der Waals surface area contributed by atoms with Gasteiger partial charge in [0.25, 0.3) is 0 Å². The highest BCUT2D eigenvalue weighted by atomic mass is 16.6. The van der Waals surface area contributed by atoms with Crippen LogP contribution < -0.4 is 10.1 Å². The van der Waals surface area contributed by atoms with Crippen molar-refractivity contribution in [2.24, 2.45) is 5.92 Å². The van der Waals surface area contributed by atoms with Gasteiger partial charge in [0.1, 0.15) is 0 Å². The molecule has 1 rings (SSSR count). The summed E-state index contributed by atoms with van der Waals surface area (Å²) in [5, 5.41) is 13.9. The number of nitrogens with zero attached hydrogens (tertiary/aromatic N) is 1. The van der Waals surface area contributed by atoms with Crippen LogP contribution in [0.3, 0.4) is 0 Å². The van der Waals surface area contributed by atoms with Crippen molar-refractivity contribution in [3.05, 3.63) is 28.3 Å². The Morgan fingerprint density at radius 2 is 2.17 bits per heavy atom. The Labute approximate surface area is 106 Å². The maximum absolute atomic E-state index is 10.8. The smallest absolute Gasteiger partial charge is 0.311 e. The van der Waals surface area contributed by atoms with E-state index in [1.807, 2.05) is 13.8 Å². The molecule has 0 aliphatic rings. The molecule has 1 aromatic rings. The van der Waals surface area contributed by atoms with Crippen LogP contribution in [-0.2, 0) is 0 Å². The van der Waals surface area contributed by atoms with E-state index in [1.165, 1.54) is 13.2 Å². The van der Waals surface area contributed by atoms with Gasteiger partial charge in [0.2, 0.25) is 0 Å². The second kappa shape index (κ2) is 5.92. The molecule has 1 unspecified atom stereocenters. The normalized spacial score (nSPS) is 11.7. The SMILES string of the molecule is C#CC(Nc1ccc([N+](=O)[O-])c(OC)c1)C(C)C. The van der Waals surface area contributed by atoms with Gasteiger partial charge in [-0.1, -0.05) is 19.8 Å². The van der Waals surface area contributed by atoms with Crippen LogP contribution in [0.1, 0.15) is 13.8 Å². The van der Waals surface area contributed by atoms with Gasteiger partial charge in [0.15, 0.2) is 5.75 Å². The van der Waals surface area contributed by atoms with Crippen molar-refractivity contribution in [3.8, 4) is 18.1 Å². The van der Waals surface area contributed by atoms with Crippen LogP contribution in [0.4, 0.5) is 11.4 Å². The summed E-state index contributed by atoms with van der Waals surface area (Å²) in [6.45, 7) is 4.00. The summed E-state index contributed by atoms with van der Waals surface area (Å²) in [7, 11) is 1.40. The number of nitro groups is 1. The molecule has 5 heteroatoms. The first-order valence-electron chi connectivity index (χ1n) is 5.54. The van der Waals surface area contributed by atoms with E-state index in [0.29, 0.717) is 5.69 Å². The predicted octanol–water partition coefficient (Wildman–Crippen LogP) is 2.67. The summed E-state index contributed by atoms with van der Waals surface area (Å²) in [5.41, 5.74) is 0.638. The van der Waals surface area contributed by atoms with E-state index in [2.05, 4.69) is 11.2 Å². The third-order valence-corrected chi connectivity index (χ3v) is 2.54. The predicted molar refractivity (Wildman–Crippen MR) is 70.7 cm³/mol. The first kappa shape index (κ1) is 13.8. The second-order valence-corrected chi connectivity index (χ2v) is 4.18. The van der Waals surface area contributed by atoms with Crippen LogP contribution in [0, 0.1) is 28.4 Å². The van der Waals surface area contributed by atoms with Gasteiger partial charge in [-0.25, -0.2) is 0 Å². The van der Waals surface area contributed by atoms with E-state index in [-0.39, 0.29) is 23.4 Å². The standard InChI is InChI=1S/C13H16N2O3/c1-5-11(9(2)3)14-10-6-7-12(15(16)17)13(8-10)18-4/h1,6-9,11,14H,2-4H3. The molecule has 0 fully saturated rings. The summed E-state index contributed by atoms with van der Waals surface area (Å²) >= 11 is 0. The molecule has 96 valence electrons. The Bertz CT molecular complexity index is 478. The molecule has 0 aliphatic carbocycles. The molecule has 0 amide bonds. The molecule has 0 saturated carbocycles. The van der Waals surface area contributed by atoms with Gasteiger partial charge < -0.3 is 10.1 Å². The molecular formula is C13H16N2O3. The number of ether oxygens (including phenoxy) is 1. The fourth-order valence-corrected chi connectivity index (χ4v) is 1.50. The Morgan fingerprint density at radius 1 is 1.50 bits per heavy atom. The number of anilines is 1. The summed E-state index contributed by atoms with van der Waals surface area (Å²) in [5.74, 6) is 3.11. The van der Waals surface area contributed by atoms with E-state index in [1.54, 1.807) is 12.1 Å². The molecule has 0 heterocycles. The lowest BCUT2D eigenvalue weighted by Crippen LogP contribution is -2.23. The van der Waals surface area contributed by atoms with Gasteiger partial charge >= 0.3 is 5.69 Å². The van der Waals surface area contributed by atoms with Gasteiger partial charge in [-0.05, 0) is 12.0 Å². The molecule has 0 bridgehead atoms. The van der Waals surface area contributed by atoms with E-state index >= 15 is 0 Å². The summed E-state index contributed by atoms with van der Waals surface area (Å²) in [6, 6.07) is 4.46. The summed E-state index contributed by atoms with van der Waals surface area (Å²) in [6.07, 6.45) is 5.42. The highest BCUT2D eigenvalue weighted by molar-refractivity contribution is 5.58. The fourth-order valence-electron chi connectivity index (χ4n) is 1.50. The van der Waals surface area contributed by atoms with Crippen LogP contribution >= 0.6 is 0 Å². The highest BCUT2D eigenvalue weighted by Gasteiger charge is 2.16. The van der Waals surface area contributed by atoms with Gasteiger partial charge in [0, 0.05) is 17.8 Å². The number of terminal acetylenes is 1. The van der Waals surface area contributed by atoms with Crippen molar-refractivity contribution >= 4 is 11.4 Å². The molecule has 1 N–H and O–H groups in total. The average molecular weight is 248 g/mol. The van der Waals surface area contributed by atoms with E-state index in [9.17, 15) is 10.1 Å². The molecule has 1 atom stereocenters. The Balaban J connectivity index is 2.99. The minimum atomic E-state index is -0.482. The Hall–Kier alpha value is -2.22. The number of hydrogen-bond donors (Lipinski definition) is 1. The van der Waals surface area contributed by atoms with Gasteiger partial charge in [-0.2, -0.15) is 0 Å². The third kappa shape index (κ3) is 3.14. The quantitative estimate of drug-likeness (QED) is 0.494. The number of hydrogen-bond acceptors (Lipinski definition) is 4. The number of rotatable bonds is 5. The fraction of sp³-hybridized carbons (Fsp3) is 0.385. The number of nitro benzene ring substituents is 1. The lowest BCUT2D eigenvalue weighted by Gasteiger charge is -2.18. The number of methoxy groups -OCH3 is 1. The molecule has 0 saturated heterocycles. The topological polar surface area (TPSA) is 64.4 Å². The van der Waals surface area contributed by atoms with Crippen molar-refractivity contribution in [2.45, 2.75) is 19.9 Å². The van der Waals surface area contributed by atoms with E-state index < -0.39 is 4.92 Å². The zero-order valence-electron chi connectivity index (χ0n) is 10.6. The van der Waals surface area contributed by atoms with Gasteiger partial charge in [0.05, 0.1) is 18.1 Å². The van der Waals surface area contributed by atoms with Gasteiger partial charge in [-0.3, -0.25) is 10.1 Å². The summed E-state index contributed by atoms with van der Waals surface area (Å²) in [4.78, 5) is 10.3. The van der Waals surface area contributed by atoms with Crippen molar-refractivity contribution in [1.82, 2.24) is 0 Å². The van der Waals surface area contributed by atoms with Crippen molar-refractivity contribution in [3.63, 3.8) is 0 Å². The van der Waals surface area contributed by atoms with Crippen LogP contribution in [0.15, 0.2) is 18.2 Å². The van der Waals surface area contributed by atoms with Crippen LogP contribution in [0.5, 0.6) is 5.75 Å². The molecule has 1 aromatic carbocycles. The van der Waals surface area contributed by atoms with Crippen molar-refractivity contribution in [2.75, 3.05) is 12.4 Å². The van der Waals surface area contributed by atoms with Crippen LogP contribution in [0.25, 0.3) is 0 Å². The third-order valence-electron chi connectivity index (χ3n) is 2.54. The van der Waals surface area contributed by atoms with E-state index in [4.69, 9.17) is 11.2 Å². The number of nitrogens with one attached hydrogen (secondary N) is 1. The Kier molecular flexibility index (Phi) is 4.55. The molecular weight excluding hydrogens is 232 g/mol. The minimum Gasteiger partial charge on any atom is -0.490 e. The molecule has 0 aromatic heterocycles. The van der Waals surface area contributed by atoms with Crippen LogP contribution in [-0.4, -0.2) is 18.1 Å². The minimum absolute atomic E-state index is 0.0649. The lowest BCUT2D eigenvalue weighted by atomic mass is 10.1. The Morgan fingerprint density at radius 3 is 2.61 bits per heavy atom. The molecule has 0 radical (unpaired) electrons. The molecule has 0 spiro atoms. The van der Waals surface area contributed by atoms with Crippen molar-refractivity contribution < 1.29 is 9.66 Å². The number of benzene rings is 1. The average Bonchev–Trinajstić information content (AvgIpc) is 2.34. The maximum Gasteiger partial charge on any atom is 0.311 e. The zero-order chi connectivity index (χ0) is 13.7. The highest BCUT2D eigenvalue weighted by Crippen LogP contribution is 2.30. The molecule has 18 heavy (non-hydrogen) atoms. The maximum atomic E-state index is 10.8. The molecule has 0 aliphatic heterocycles. The van der Waals surface area contributed by atoms with Gasteiger partial charge in [-0.15, -0.1) is 6.42 Å². The summed E-state index contributed by atoms with van der Waals surface area (Å²) < 4.78 is 4.99. The van der Waals surface area contributed by atoms with E-state index in [0.717, 1.165) is 0 Å². The monoisotopic (exact) mass is 248 g/mol. The van der Waals surface area contributed by atoms with Crippen molar-refractivity contribution in [1.29, 1.82) is 0 Å². The second-order valence-electron chi connectivity index (χ2n) is 4.18. The first-order valence-corrected chi connectivity index (χ1v) is 5.54. The zero-order valence-corrected chi connectivity index (χ0v) is 10.6. The largest absolute Gasteiger partial charge is 0.490 e. The van der Waals surface area contributed by atoms with Crippen LogP contribution in [0.2, 0.25) is 0 Å². The lowest BCUT2D eigenvalue weighted by molar-refractivity contribution is -0.385.